The Balaban J connectivity index is 1.93. The Hall–Kier alpha value is -1.92. The fourth-order valence-corrected chi connectivity index (χ4v) is 2.95. The summed E-state index contributed by atoms with van der Waals surface area (Å²) < 4.78 is 5.32. The summed E-state index contributed by atoms with van der Waals surface area (Å²) in [6.07, 6.45) is 0.823. The van der Waals surface area contributed by atoms with Crippen LogP contribution in [0.1, 0.15) is 31.9 Å². The van der Waals surface area contributed by atoms with Crippen LogP contribution in [0.3, 0.4) is 0 Å². The van der Waals surface area contributed by atoms with Crippen LogP contribution in [0.2, 0.25) is 0 Å². The summed E-state index contributed by atoms with van der Waals surface area (Å²) in [6, 6.07) is 5.94. The Morgan fingerprint density at radius 2 is 1.88 bits per heavy atom. The Bertz CT molecular complexity index is 637. The maximum Gasteiger partial charge on any atom is 0.239 e. The topological polar surface area (TPSA) is 70.7 Å². The van der Waals surface area contributed by atoms with Crippen molar-refractivity contribution in [3.8, 4) is 0 Å². The van der Waals surface area contributed by atoms with Crippen molar-refractivity contribution in [3.63, 3.8) is 0 Å². The van der Waals surface area contributed by atoms with Gasteiger partial charge in [0.2, 0.25) is 11.8 Å². The fourth-order valence-electron chi connectivity index (χ4n) is 2.95. The normalized spacial score (nSPS) is 15.5. The maximum atomic E-state index is 12.8. The van der Waals surface area contributed by atoms with E-state index >= 15 is 0 Å². The molecule has 0 aliphatic carbocycles. The van der Waals surface area contributed by atoms with Crippen LogP contribution in [-0.4, -0.2) is 56.1 Å². The second-order valence-corrected chi connectivity index (χ2v) is 7.25. The van der Waals surface area contributed by atoms with Gasteiger partial charge in [0.05, 0.1) is 13.2 Å². The molecule has 6 heteroatoms. The number of morpholine rings is 1. The molecule has 1 saturated heterocycles. The summed E-state index contributed by atoms with van der Waals surface area (Å²) in [6.45, 7) is 11.9. The third kappa shape index (κ3) is 5.05. The average molecular weight is 361 g/mol. The molecular formula is C20H31N3O3. The van der Waals surface area contributed by atoms with Crippen LogP contribution in [0.4, 0.5) is 5.69 Å². The molecule has 144 valence electrons. The van der Waals surface area contributed by atoms with Crippen LogP contribution in [0.15, 0.2) is 18.2 Å². The van der Waals surface area contributed by atoms with E-state index in [-0.39, 0.29) is 11.8 Å². The SMILES string of the molecule is CCc1cccc(C)c1NC(=O)C(C)(C)C(=O)NCCN1CCOCC1. The Morgan fingerprint density at radius 3 is 2.54 bits per heavy atom. The number of para-hydroxylation sites is 1. The molecule has 1 aromatic rings. The van der Waals surface area contributed by atoms with E-state index in [1.165, 1.54) is 0 Å². The maximum absolute atomic E-state index is 12.8. The van der Waals surface area contributed by atoms with Crippen molar-refractivity contribution < 1.29 is 14.3 Å². The minimum absolute atomic E-state index is 0.255. The number of amides is 2. The first-order valence-corrected chi connectivity index (χ1v) is 9.34. The van der Waals surface area contributed by atoms with Gasteiger partial charge < -0.3 is 15.4 Å². The van der Waals surface area contributed by atoms with Crippen molar-refractivity contribution in [1.82, 2.24) is 10.2 Å². The first-order chi connectivity index (χ1) is 12.4. The van der Waals surface area contributed by atoms with E-state index < -0.39 is 5.41 Å². The molecule has 0 radical (unpaired) electrons. The fraction of sp³-hybridized carbons (Fsp3) is 0.600. The molecule has 1 aliphatic heterocycles. The van der Waals surface area contributed by atoms with E-state index in [0.717, 1.165) is 56.1 Å². The van der Waals surface area contributed by atoms with Crippen LogP contribution in [0.5, 0.6) is 0 Å². The molecule has 0 unspecified atom stereocenters. The van der Waals surface area contributed by atoms with Crippen LogP contribution >= 0.6 is 0 Å². The van der Waals surface area contributed by atoms with Gasteiger partial charge in [-0.25, -0.2) is 0 Å². The van der Waals surface area contributed by atoms with Gasteiger partial charge in [-0.1, -0.05) is 25.1 Å². The van der Waals surface area contributed by atoms with Crippen molar-refractivity contribution in [2.45, 2.75) is 34.1 Å². The Kier molecular flexibility index (Phi) is 7.17. The molecule has 2 N–H and O–H groups in total. The monoisotopic (exact) mass is 361 g/mol. The summed E-state index contributed by atoms with van der Waals surface area (Å²) >= 11 is 0. The van der Waals surface area contributed by atoms with Gasteiger partial charge in [-0.15, -0.1) is 0 Å². The number of ether oxygens (including phenoxy) is 1. The van der Waals surface area contributed by atoms with Gasteiger partial charge in [-0.05, 0) is 38.3 Å². The number of nitrogens with zero attached hydrogens (tertiary/aromatic N) is 1. The quantitative estimate of drug-likeness (QED) is 0.729. The Labute approximate surface area is 156 Å². The van der Waals surface area contributed by atoms with Gasteiger partial charge in [0, 0.05) is 31.9 Å². The van der Waals surface area contributed by atoms with E-state index in [4.69, 9.17) is 4.74 Å². The number of nitrogens with one attached hydrogen (secondary N) is 2. The number of carbonyl (C=O) groups is 2. The van der Waals surface area contributed by atoms with Gasteiger partial charge in [-0.3, -0.25) is 14.5 Å². The predicted octanol–water partition coefficient (Wildman–Crippen LogP) is 1.97. The molecule has 2 rings (SSSR count). The minimum Gasteiger partial charge on any atom is -0.379 e. The van der Waals surface area contributed by atoms with Crippen molar-refractivity contribution in [2.24, 2.45) is 5.41 Å². The molecule has 0 spiro atoms. The van der Waals surface area contributed by atoms with Crippen LogP contribution in [-0.2, 0) is 20.7 Å². The van der Waals surface area contributed by atoms with Crippen molar-refractivity contribution in [1.29, 1.82) is 0 Å². The van der Waals surface area contributed by atoms with Gasteiger partial charge >= 0.3 is 0 Å². The predicted molar refractivity (Wildman–Crippen MR) is 103 cm³/mol. The Morgan fingerprint density at radius 1 is 1.19 bits per heavy atom. The van der Waals surface area contributed by atoms with E-state index in [1.807, 2.05) is 32.0 Å². The minimum atomic E-state index is -1.14. The molecule has 0 bridgehead atoms. The molecule has 1 aromatic carbocycles. The van der Waals surface area contributed by atoms with Crippen LogP contribution in [0, 0.1) is 12.3 Å². The summed E-state index contributed by atoms with van der Waals surface area (Å²) in [5.74, 6) is -0.541. The van der Waals surface area contributed by atoms with Crippen molar-refractivity contribution >= 4 is 17.5 Å². The van der Waals surface area contributed by atoms with E-state index in [0.29, 0.717) is 6.54 Å². The average Bonchev–Trinajstić information content (AvgIpc) is 2.63. The molecule has 1 aliphatic rings. The highest BCUT2D eigenvalue weighted by Gasteiger charge is 2.36. The molecule has 6 nitrogen and oxygen atoms in total. The molecule has 1 heterocycles. The summed E-state index contributed by atoms with van der Waals surface area (Å²) in [5.41, 5.74) is 1.75. The van der Waals surface area contributed by atoms with Gasteiger partial charge in [0.15, 0.2) is 0 Å². The third-order valence-corrected chi connectivity index (χ3v) is 4.93. The lowest BCUT2D eigenvalue weighted by atomic mass is 9.90. The molecule has 0 aromatic heterocycles. The molecule has 0 saturated carbocycles. The van der Waals surface area contributed by atoms with E-state index in [9.17, 15) is 9.59 Å². The number of carbonyl (C=O) groups excluding carboxylic acids is 2. The molecule has 26 heavy (non-hydrogen) atoms. The highest BCUT2D eigenvalue weighted by atomic mass is 16.5. The third-order valence-electron chi connectivity index (χ3n) is 4.93. The lowest BCUT2D eigenvalue weighted by Crippen LogP contribution is -2.48. The standard InChI is InChI=1S/C20H31N3O3/c1-5-16-8-6-7-15(2)17(16)22-19(25)20(3,4)18(24)21-9-10-23-11-13-26-14-12-23/h6-8H,5,9-14H2,1-4H3,(H,21,24)(H,22,25). The number of hydrogen-bond donors (Lipinski definition) is 2. The molecule has 2 amide bonds. The highest BCUT2D eigenvalue weighted by molar-refractivity contribution is 6.10. The largest absolute Gasteiger partial charge is 0.379 e. The second-order valence-electron chi connectivity index (χ2n) is 7.25. The van der Waals surface area contributed by atoms with Crippen molar-refractivity contribution in [3.05, 3.63) is 29.3 Å². The summed E-state index contributed by atoms with van der Waals surface area (Å²) in [5, 5.41) is 5.86. The smallest absolute Gasteiger partial charge is 0.239 e. The summed E-state index contributed by atoms with van der Waals surface area (Å²) in [7, 11) is 0. The second kappa shape index (κ2) is 9.14. The van der Waals surface area contributed by atoms with Crippen molar-refractivity contribution in [2.75, 3.05) is 44.7 Å². The van der Waals surface area contributed by atoms with E-state index in [1.54, 1.807) is 13.8 Å². The lowest BCUT2D eigenvalue weighted by molar-refractivity contribution is -0.138. The van der Waals surface area contributed by atoms with Gasteiger partial charge in [0.25, 0.3) is 0 Å². The first-order valence-electron chi connectivity index (χ1n) is 9.34. The zero-order valence-corrected chi connectivity index (χ0v) is 16.4. The number of benzene rings is 1. The first kappa shape index (κ1) is 20.4. The van der Waals surface area contributed by atoms with E-state index in [2.05, 4.69) is 15.5 Å². The zero-order valence-electron chi connectivity index (χ0n) is 16.4. The lowest BCUT2D eigenvalue weighted by Gasteiger charge is -2.28. The number of aryl methyl sites for hydroxylation is 2. The zero-order chi connectivity index (χ0) is 19.2. The summed E-state index contributed by atoms with van der Waals surface area (Å²) in [4.78, 5) is 27.6. The molecular weight excluding hydrogens is 330 g/mol. The number of hydrogen-bond acceptors (Lipinski definition) is 4. The van der Waals surface area contributed by atoms with Gasteiger partial charge in [0.1, 0.15) is 5.41 Å². The highest BCUT2D eigenvalue weighted by Crippen LogP contribution is 2.25. The van der Waals surface area contributed by atoms with Crippen LogP contribution < -0.4 is 10.6 Å². The number of rotatable bonds is 7. The number of anilines is 1. The molecule has 1 fully saturated rings. The van der Waals surface area contributed by atoms with Gasteiger partial charge in [-0.2, -0.15) is 0 Å². The molecule has 0 atom stereocenters. The van der Waals surface area contributed by atoms with Crippen LogP contribution in [0.25, 0.3) is 0 Å².